The molecule has 7 heteroatoms. The molecule has 2 N–H and O–H groups in total. The van der Waals surface area contributed by atoms with Gasteiger partial charge >= 0.3 is 6.18 Å². The Labute approximate surface area is 118 Å². The topological polar surface area (TPSA) is 50.7 Å². The highest BCUT2D eigenvalue weighted by atomic mass is 19.4. The van der Waals surface area contributed by atoms with Crippen molar-refractivity contribution >= 4 is 0 Å². The maximum absolute atomic E-state index is 11.9. The van der Waals surface area contributed by atoms with E-state index in [0.717, 1.165) is 0 Å². The van der Waals surface area contributed by atoms with E-state index in [1.165, 1.54) is 0 Å². The summed E-state index contributed by atoms with van der Waals surface area (Å²) in [6.45, 7) is 5.73. The number of unbranched alkanes of at least 4 members (excludes halogenated alkanes) is 1. The van der Waals surface area contributed by atoms with Crippen molar-refractivity contribution < 1.29 is 27.8 Å². The Morgan fingerprint density at radius 3 is 2.45 bits per heavy atom. The quantitative estimate of drug-likeness (QED) is 0.542. The van der Waals surface area contributed by atoms with Gasteiger partial charge in [0.2, 0.25) is 0 Å². The van der Waals surface area contributed by atoms with Crippen LogP contribution in [0.4, 0.5) is 13.2 Å². The molecule has 0 aromatic rings. The summed E-state index contributed by atoms with van der Waals surface area (Å²) >= 11 is 0. The SMILES string of the molecule is CC(C)OCCOCC(O)CNCCCCC(F)(F)F. The molecular formula is C13H26F3NO3. The van der Waals surface area contributed by atoms with E-state index in [1.807, 2.05) is 13.8 Å². The van der Waals surface area contributed by atoms with Gasteiger partial charge in [-0.05, 0) is 33.2 Å². The van der Waals surface area contributed by atoms with Crippen LogP contribution >= 0.6 is 0 Å². The fourth-order valence-corrected chi connectivity index (χ4v) is 1.47. The van der Waals surface area contributed by atoms with Crippen LogP contribution in [0.25, 0.3) is 0 Å². The van der Waals surface area contributed by atoms with Gasteiger partial charge in [-0.25, -0.2) is 0 Å². The van der Waals surface area contributed by atoms with E-state index in [4.69, 9.17) is 9.47 Å². The zero-order valence-electron chi connectivity index (χ0n) is 12.2. The van der Waals surface area contributed by atoms with Crippen molar-refractivity contribution in [3.63, 3.8) is 0 Å². The Bertz CT molecular complexity index is 225. The summed E-state index contributed by atoms with van der Waals surface area (Å²) in [5, 5.41) is 12.4. The first-order chi connectivity index (χ1) is 9.31. The highest BCUT2D eigenvalue weighted by Crippen LogP contribution is 2.21. The summed E-state index contributed by atoms with van der Waals surface area (Å²) in [5.41, 5.74) is 0. The van der Waals surface area contributed by atoms with Gasteiger partial charge in [0.25, 0.3) is 0 Å². The number of hydrogen-bond acceptors (Lipinski definition) is 4. The molecule has 1 unspecified atom stereocenters. The third kappa shape index (κ3) is 15.7. The number of alkyl halides is 3. The molecule has 0 aliphatic rings. The molecule has 0 saturated heterocycles. The van der Waals surface area contributed by atoms with E-state index in [1.54, 1.807) is 0 Å². The van der Waals surface area contributed by atoms with Gasteiger partial charge in [0.05, 0.1) is 32.0 Å². The number of aliphatic hydroxyl groups is 1. The van der Waals surface area contributed by atoms with Gasteiger partial charge < -0.3 is 19.9 Å². The summed E-state index contributed by atoms with van der Waals surface area (Å²) in [5.74, 6) is 0. The lowest BCUT2D eigenvalue weighted by atomic mass is 10.2. The smallest absolute Gasteiger partial charge is 0.389 e. The summed E-state index contributed by atoms with van der Waals surface area (Å²) in [6, 6.07) is 0. The predicted octanol–water partition coefficient (Wildman–Crippen LogP) is 2.11. The summed E-state index contributed by atoms with van der Waals surface area (Å²) in [6.07, 6.45) is -4.79. The lowest BCUT2D eigenvalue weighted by molar-refractivity contribution is -0.135. The molecule has 20 heavy (non-hydrogen) atoms. The van der Waals surface area contributed by atoms with Gasteiger partial charge in [-0.1, -0.05) is 0 Å². The van der Waals surface area contributed by atoms with Crippen molar-refractivity contribution in [2.75, 3.05) is 32.9 Å². The predicted molar refractivity (Wildman–Crippen MR) is 70.7 cm³/mol. The number of ether oxygens (including phenoxy) is 2. The summed E-state index contributed by atoms with van der Waals surface area (Å²) < 4.78 is 46.0. The van der Waals surface area contributed by atoms with Crippen LogP contribution in [0.3, 0.4) is 0 Å². The van der Waals surface area contributed by atoms with E-state index in [-0.39, 0.29) is 19.1 Å². The maximum atomic E-state index is 11.9. The number of halogens is 3. The molecule has 0 aliphatic heterocycles. The van der Waals surface area contributed by atoms with Gasteiger partial charge in [-0.2, -0.15) is 13.2 Å². The highest BCUT2D eigenvalue weighted by molar-refractivity contribution is 4.59. The van der Waals surface area contributed by atoms with E-state index in [0.29, 0.717) is 32.7 Å². The van der Waals surface area contributed by atoms with Gasteiger partial charge in [-0.3, -0.25) is 0 Å². The molecule has 0 rings (SSSR count). The molecule has 0 aliphatic carbocycles. The van der Waals surface area contributed by atoms with Crippen LogP contribution in [-0.4, -0.2) is 56.4 Å². The second-order valence-corrected chi connectivity index (χ2v) is 4.92. The first kappa shape index (κ1) is 19.6. The van der Waals surface area contributed by atoms with Crippen molar-refractivity contribution in [1.29, 1.82) is 0 Å². The molecule has 0 bridgehead atoms. The van der Waals surface area contributed by atoms with Crippen LogP contribution in [0.2, 0.25) is 0 Å². The number of aliphatic hydroxyl groups excluding tert-OH is 1. The molecule has 0 aromatic heterocycles. The summed E-state index contributed by atoms with van der Waals surface area (Å²) in [7, 11) is 0. The average molecular weight is 301 g/mol. The lowest BCUT2D eigenvalue weighted by Gasteiger charge is -2.13. The summed E-state index contributed by atoms with van der Waals surface area (Å²) in [4.78, 5) is 0. The van der Waals surface area contributed by atoms with Crippen molar-refractivity contribution in [2.45, 2.75) is 51.5 Å². The molecule has 0 radical (unpaired) electrons. The molecular weight excluding hydrogens is 275 g/mol. The van der Waals surface area contributed by atoms with E-state index < -0.39 is 18.7 Å². The van der Waals surface area contributed by atoms with E-state index in [2.05, 4.69) is 5.32 Å². The van der Waals surface area contributed by atoms with Crippen molar-refractivity contribution in [3.8, 4) is 0 Å². The van der Waals surface area contributed by atoms with Crippen LogP contribution in [0.1, 0.15) is 33.1 Å². The third-order valence-electron chi connectivity index (χ3n) is 2.43. The normalized spacial score (nSPS) is 13.9. The number of rotatable bonds is 12. The average Bonchev–Trinajstić information content (AvgIpc) is 2.31. The Morgan fingerprint density at radius 2 is 1.85 bits per heavy atom. The fourth-order valence-electron chi connectivity index (χ4n) is 1.47. The van der Waals surface area contributed by atoms with Gasteiger partial charge in [0.15, 0.2) is 0 Å². The zero-order valence-corrected chi connectivity index (χ0v) is 12.2. The molecule has 0 aromatic carbocycles. The Kier molecular flexibility index (Phi) is 11.1. The monoisotopic (exact) mass is 301 g/mol. The molecule has 1 atom stereocenters. The Hall–Kier alpha value is -0.370. The van der Waals surface area contributed by atoms with Crippen LogP contribution in [0.5, 0.6) is 0 Å². The molecule has 0 saturated carbocycles. The van der Waals surface area contributed by atoms with Gasteiger partial charge in [0.1, 0.15) is 0 Å². The van der Waals surface area contributed by atoms with Crippen LogP contribution in [0.15, 0.2) is 0 Å². The first-order valence-corrected chi connectivity index (χ1v) is 6.96. The van der Waals surface area contributed by atoms with Crippen LogP contribution in [-0.2, 0) is 9.47 Å². The minimum absolute atomic E-state index is 0.107. The van der Waals surface area contributed by atoms with Gasteiger partial charge in [0, 0.05) is 13.0 Å². The minimum Gasteiger partial charge on any atom is -0.389 e. The van der Waals surface area contributed by atoms with Gasteiger partial charge in [-0.15, -0.1) is 0 Å². The lowest BCUT2D eigenvalue weighted by Crippen LogP contribution is -2.31. The standard InChI is InChI=1S/C13H26F3NO3/c1-11(2)20-8-7-19-10-12(18)9-17-6-4-3-5-13(14,15)16/h11-12,17-18H,3-10H2,1-2H3. The van der Waals surface area contributed by atoms with E-state index >= 15 is 0 Å². The fraction of sp³-hybridized carbons (Fsp3) is 1.00. The third-order valence-corrected chi connectivity index (χ3v) is 2.43. The van der Waals surface area contributed by atoms with Crippen LogP contribution in [0, 0.1) is 0 Å². The first-order valence-electron chi connectivity index (χ1n) is 6.96. The highest BCUT2D eigenvalue weighted by Gasteiger charge is 2.25. The zero-order chi connectivity index (χ0) is 15.4. The van der Waals surface area contributed by atoms with Crippen molar-refractivity contribution in [3.05, 3.63) is 0 Å². The largest absolute Gasteiger partial charge is 0.389 e. The second kappa shape index (κ2) is 11.3. The van der Waals surface area contributed by atoms with Crippen molar-refractivity contribution in [1.82, 2.24) is 5.32 Å². The number of hydrogen-bond donors (Lipinski definition) is 2. The second-order valence-electron chi connectivity index (χ2n) is 4.92. The molecule has 0 fully saturated rings. The molecule has 0 spiro atoms. The van der Waals surface area contributed by atoms with Crippen LogP contribution < -0.4 is 5.32 Å². The van der Waals surface area contributed by atoms with E-state index in [9.17, 15) is 18.3 Å². The Morgan fingerprint density at radius 1 is 1.15 bits per heavy atom. The number of nitrogens with one attached hydrogen (secondary N) is 1. The molecule has 0 amide bonds. The maximum Gasteiger partial charge on any atom is 0.389 e. The minimum atomic E-state index is -4.08. The molecule has 4 nitrogen and oxygen atoms in total. The van der Waals surface area contributed by atoms with Crippen molar-refractivity contribution in [2.24, 2.45) is 0 Å². The molecule has 0 heterocycles. The molecule has 122 valence electrons. The Balaban J connectivity index is 3.26.